The predicted octanol–water partition coefficient (Wildman–Crippen LogP) is -1.85. The first-order valence-electron chi connectivity index (χ1n) is 6.11. The third-order valence-corrected chi connectivity index (χ3v) is 2.49. The van der Waals surface area contributed by atoms with Crippen LogP contribution in [0.3, 0.4) is 0 Å². The number of carbonyl (C=O) groups excluding carboxylic acids is 5. The van der Waals surface area contributed by atoms with Gasteiger partial charge in [0.05, 0.1) is 6.42 Å². The molecule has 0 aliphatic carbocycles. The van der Waals surface area contributed by atoms with Gasteiger partial charge in [0.15, 0.2) is 12.4 Å². The van der Waals surface area contributed by atoms with Crippen LogP contribution in [0.5, 0.6) is 0 Å². The number of amides is 1. The maximum absolute atomic E-state index is 11.4. The van der Waals surface area contributed by atoms with Gasteiger partial charge in [0.25, 0.3) is 0 Å². The summed E-state index contributed by atoms with van der Waals surface area (Å²) in [6, 6.07) is -0.970. The molecule has 12 heteroatoms. The van der Waals surface area contributed by atoms with Crippen molar-refractivity contribution in [3.05, 3.63) is 0 Å². The second kappa shape index (κ2) is 7.72. The lowest BCUT2D eigenvalue weighted by molar-refractivity contribution is -0.267. The molecule has 0 spiro atoms. The number of nitrogens with one attached hydrogen (secondary N) is 2. The second-order valence-electron chi connectivity index (χ2n) is 4.29. The summed E-state index contributed by atoms with van der Waals surface area (Å²) in [5.74, 6) is -5.23. The van der Waals surface area contributed by atoms with Gasteiger partial charge in [0.2, 0.25) is 5.91 Å². The lowest BCUT2D eigenvalue weighted by atomic mass is 10.2. The van der Waals surface area contributed by atoms with E-state index in [1.165, 1.54) is 11.9 Å². The molecule has 1 rings (SSSR count). The summed E-state index contributed by atoms with van der Waals surface area (Å²) in [4.78, 5) is 72.5. The molecule has 1 saturated heterocycles. The smallest absolute Gasteiger partial charge is 0.333 e. The molecule has 0 aromatic rings. The Morgan fingerprint density at radius 2 is 1.61 bits per heavy atom. The summed E-state index contributed by atoms with van der Waals surface area (Å²) in [5.41, 5.74) is 0. The zero-order chi connectivity index (χ0) is 17.6. The van der Waals surface area contributed by atoms with Crippen molar-refractivity contribution in [3.8, 4) is 0 Å². The van der Waals surface area contributed by atoms with E-state index in [0.717, 1.165) is 6.92 Å². The Hall–Kier alpha value is -3.18. The lowest BCUT2D eigenvalue weighted by Crippen LogP contribution is -2.34. The fraction of sp³-hybridized carbons (Fsp3) is 0.455. The summed E-state index contributed by atoms with van der Waals surface area (Å²) >= 11 is 0. The molecule has 126 valence electrons. The van der Waals surface area contributed by atoms with Gasteiger partial charge in [-0.15, -0.1) is 0 Å². The van der Waals surface area contributed by atoms with Crippen molar-refractivity contribution in [1.82, 2.24) is 10.2 Å². The van der Waals surface area contributed by atoms with Gasteiger partial charge in [-0.05, 0) is 0 Å². The first kappa shape index (κ1) is 17.9. The summed E-state index contributed by atoms with van der Waals surface area (Å²) in [5, 5.41) is 9.53. The Morgan fingerprint density at radius 3 is 2.09 bits per heavy atom. The summed E-state index contributed by atoms with van der Waals surface area (Å²) in [6.07, 6.45) is -1.44. The highest BCUT2D eigenvalue weighted by Gasteiger charge is 2.36. The molecule has 1 unspecified atom stereocenters. The maximum Gasteiger partial charge on any atom is 0.366 e. The number of rotatable bonds is 4. The van der Waals surface area contributed by atoms with Crippen molar-refractivity contribution in [2.75, 3.05) is 7.05 Å². The van der Waals surface area contributed by atoms with E-state index in [2.05, 4.69) is 24.9 Å². The van der Waals surface area contributed by atoms with Crippen molar-refractivity contribution in [3.63, 3.8) is 0 Å². The van der Waals surface area contributed by atoms with E-state index >= 15 is 0 Å². The molecule has 0 saturated carbocycles. The molecule has 1 amide bonds. The van der Waals surface area contributed by atoms with Crippen molar-refractivity contribution >= 4 is 35.7 Å². The second-order valence-corrected chi connectivity index (χ2v) is 4.29. The minimum atomic E-state index is -1.27. The number of carbonyl (C=O) groups is 5. The third-order valence-electron chi connectivity index (χ3n) is 2.49. The topological polar surface area (TPSA) is 161 Å². The number of hydrogen-bond donors (Lipinski definition) is 2. The van der Waals surface area contributed by atoms with Crippen LogP contribution in [-0.4, -0.2) is 53.7 Å². The Labute approximate surface area is 128 Å². The molecule has 1 fully saturated rings. The fourth-order valence-corrected chi connectivity index (χ4v) is 1.42. The van der Waals surface area contributed by atoms with Crippen LogP contribution in [0.2, 0.25) is 0 Å². The number of nitrogens with zero attached hydrogens (tertiary/aromatic N) is 1. The molecule has 1 heterocycles. The molecule has 1 aliphatic heterocycles. The Kier molecular flexibility index (Phi) is 6.00. The molecular formula is C11H13N3O9. The fourth-order valence-electron chi connectivity index (χ4n) is 1.42. The first-order valence-corrected chi connectivity index (χ1v) is 6.11. The van der Waals surface area contributed by atoms with Crippen LogP contribution in [-0.2, 0) is 43.5 Å². The molecule has 12 nitrogen and oxygen atoms in total. The zero-order valence-electron chi connectivity index (χ0n) is 12.1. The Morgan fingerprint density at radius 1 is 1.09 bits per heavy atom. The zero-order valence-corrected chi connectivity index (χ0v) is 12.1. The molecule has 1 atom stereocenters. The van der Waals surface area contributed by atoms with Crippen LogP contribution in [0.15, 0.2) is 0 Å². The van der Waals surface area contributed by atoms with Gasteiger partial charge >= 0.3 is 23.9 Å². The van der Waals surface area contributed by atoms with Gasteiger partial charge in [0, 0.05) is 14.0 Å². The number of likely N-dealkylation sites (N-methyl/N-ethyl adjacent to an activating group) is 1. The molecule has 0 aromatic carbocycles. The summed E-state index contributed by atoms with van der Waals surface area (Å²) in [7, 11) is 1.41. The van der Waals surface area contributed by atoms with Gasteiger partial charge in [0.1, 0.15) is 6.04 Å². The highest BCUT2D eigenvalue weighted by molar-refractivity contribution is 6.06. The van der Waals surface area contributed by atoms with E-state index in [0.29, 0.717) is 0 Å². The van der Waals surface area contributed by atoms with E-state index in [4.69, 9.17) is 5.41 Å². The average molecular weight is 331 g/mol. The van der Waals surface area contributed by atoms with Crippen molar-refractivity contribution in [2.24, 2.45) is 0 Å². The molecule has 0 aromatic heterocycles. The Balaban J connectivity index is 2.31. The van der Waals surface area contributed by atoms with E-state index in [1.807, 2.05) is 0 Å². The highest BCUT2D eigenvalue weighted by Crippen LogP contribution is 2.10. The standard InChI is InChI=1S/C11H13N3O9/c1-5(15)20-21-8(17)4-9(18)23-22-7(16)3-6-10(19)13-11(12)14(6)2/h6H,3-4H2,1-2H3,(H2,12,13,19). The van der Waals surface area contributed by atoms with Gasteiger partial charge < -0.3 is 4.90 Å². The van der Waals surface area contributed by atoms with Crippen LogP contribution in [0, 0.1) is 5.41 Å². The minimum Gasteiger partial charge on any atom is -0.333 e. The quantitative estimate of drug-likeness (QED) is 0.340. The highest BCUT2D eigenvalue weighted by atomic mass is 17.2. The predicted molar refractivity (Wildman–Crippen MR) is 66.7 cm³/mol. The molecular weight excluding hydrogens is 318 g/mol. The van der Waals surface area contributed by atoms with Gasteiger partial charge in [-0.3, -0.25) is 15.5 Å². The van der Waals surface area contributed by atoms with E-state index in [-0.39, 0.29) is 5.96 Å². The molecule has 23 heavy (non-hydrogen) atoms. The normalized spacial score (nSPS) is 16.4. The van der Waals surface area contributed by atoms with Crippen LogP contribution >= 0.6 is 0 Å². The van der Waals surface area contributed by atoms with Crippen molar-refractivity contribution in [2.45, 2.75) is 25.8 Å². The monoisotopic (exact) mass is 331 g/mol. The molecule has 0 radical (unpaired) electrons. The van der Waals surface area contributed by atoms with Crippen LogP contribution in [0.25, 0.3) is 0 Å². The minimum absolute atomic E-state index is 0.182. The molecule has 2 N–H and O–H groups in total. The molecule has 0 bridgehead atoms. The largest absolute Gasteiger partial charge is 0.366 e. The van der Waals surface area contributed by atoms with E-state index in [9.17, 15) is 24.0 Å². The summed E-state index contributed by atoms with van der Waals surface area (Å²) < 4.78 is 0. The third kappa shape index (κ3) is 5.61. The van der Waals surface area contributed by atoms with Crippen LogP contribution in [0.1, 0.15) is 19.8 Å². The van der Waals surface area contributed by atoms with E-state index < -0.39 is 48.7 Å². The van der Waals surface area contributed by atoms with E-state index in [1.54, 1.807) is 0 Å². The maximum atomic E-state index is 11.4. The van der Waals surface area contributed by atoms with Crippen LogP contribution < -0.4 is 5.32 Å². The number of guanidine groups is 1. The average Bonchev–Trinajstić information content (AvgIpc) is 2.69. The van der Waals surface area contributed by atoms with Gasteiger partial charge in [-0.1, -0.05) is 0 Å². The number of hydrogen-bond acceptors (Lipinski definition) is 10. The first-order chi connectivity index (χ1) is 10.7. The summed E-state index contributed by atoms with van der Waals surface area (Å²) in [6.45, 7) is 0.975. The van der Waals surface area contributed by atoms with Gasteiger partial charge in [-0.25, -0.2) is 38.7 Å². The van der Waals surface area contributed by atoms with Crippen molar-refractivity contribution < 1.29 is 43.5 Å². The lowest BCUT2D eigenvalue weighted by Gasteiger charge is -2.15. The van der Waals surface area contributed by atoms with Crippen LogP contribution in [0.4, 0.5) is 0 Å². The SMILES string of the molecule is CC(=O)OOC(=O)CC(=O)OOC(=O)CC1C(=O)NC(=N)N1C. The molecule has 1 aliphatic rings. The van der Waals surface area contributed by atoms with Gasteiger partial charge in [-0.2, -0.15) is 0 Å². The van der Waals surface area contributed by atoms with Crippen molar-refractivity contribution in [1.29, 1.82) is 5.41 Å². The Bertz CT molecular complexity index is 559.